The average molecular weight is 476 g/mol. The first-order chi connectivity index (χ1) is 16.6. The Kier molecular flexibility index (Phi) is 6.73. The molecule has 3 aromatic rings. The van der Waals surface area contributed by atoms with Gasteiger partial charge in [0.1, 0.15) is 5.76 Å². The number of benzene rings is 1. The number of aromatic nitrogens is 2. The van der Waals surface area contributed by atoms with Gasteiger partial charge in [-0.25, -0.2) is 9.97 Å². The third kappa shape index (κ3) is 5.55. The summed E-state index contributed by atoms with van der Waals surface area (Å²) in [5.74, 6) is 1.03. The van der Waals surface area contributed by atoms with Gasteiger partial charge in [-0.3, -0.25) is 14.9 Å². The first kappa shape index (κ1) is 22.4. The number of nitrogens with one attached hydrogen (secondary N) is 3. The first-order valence-corrected chi connectivity index (χ1v) is 12.1. The predicted molar refractivity (Wildman–Crippen MR) is 132 cm³/mol. The van der Waals surface area contributed by atoms with E-state index in [-0.39, 0.29) is 11.1 Å². The van der Waals surface area contributed by atoms with Crippen LogP contribution in [0.15, 0.2) is 64.2 Å². The van der Waals surface area contributed by atoms with Crippen molar-refractivity contribution < 1.29 is 14.0 Å². The molecule has 0 unspecified atom stereocenters. The molecule has 0 bridgehead atoms. The monoisotopic (exact) mass is 475 g/mol. The molecule has 3 heterocycles. The summed E-state index contributed by atoms with van der Waals surface area (Å²) in [6, 6.07) is 14.8. The van der Waals surface area contributed by atoms with E-state index in [1.807, 2.05) is 12.1 Å². The van der Waals surface area contributed by atoms with Gasteiger partial charge < -0.3 is 15.1 Å². The zero-order valence-electron chi connectivity index (χ0n) is 18.5. The van der Waals surface area contributed by atoms with Crippen molar-refractivity contribution in [3.8, 4) is 11.3 Å². The Morgan fingerprint density at radius 1 is 1.09 bits per heavy atom. The zero-order valence-corrected chi connectivity index (χ0v) is 19.3. The molecule has 9 heteroatoms. The van der Waals surface area contributed by atoms with Crippen LogP contribution in [0.3, 0.4) is 0 Å². The fourth-order valence-corrected chi connectivity index (χ4v) is 4.91. The molecule has 2 aromatic heterocycles. The van der Waals surface area contributed by atoms with Gasteiger partial charge in [0.05, 0.1) is 16.9 Å². The van der Waals surface area contributed by atoms with E-state index in [0.717, 1.165) is 55.3 Å². The number of nitrogens with zero attached hydrogens (tertiary/aromatic N) is 2. The van der Waals surface area contributed by atoms with Crippen LogP contribution < -0.4 is 16.0 Å². The number of anilines is 1. The minimum absolute atomic E-state index is 0.300. The lowest BCUT2D eigenvalue weighted by molar-refractivity contribution is -0.115. The number of imide groups is 1. The average Bonchev–Trinajstić information content (AvgIpc) is 3.49. The summed E-state index contributed by atoms with van der Waals surface area (Å²) in [6.45, 7) is 0.825. The highest BCUT2D eigenvalue weighted by molar-refractivity contribution is 8.18. The number of furan rings is 1. The number of thioether (sulfide) groups is 1. The van der Waals surface area contributed by atoms with Gasteiger partial charge in [0.15, 0.2) is 0 Å². The fraction of sp³-hybridized carbons (Fsp3) is 0.280. The number of rotatable bonds is 7. The van der Waals surface area contributed by atoms with Crippen LogP contribution in [0.1, 0.15) is 36.9 Å². The fourth-order valence-electron chi connectivity index (χ4n) is 4.24. The molecule has 2 aliphatic rings. The van der Waals surface area contributed by atoms with E-state index >= 15 is 0 Å². The molecule has 1 aliphatic heterocycles. The third-order valence-electron chi connectivity index (χ3n) is 5.99. The second-order valence-electron chi connectivity index (χ2n) is 8.41. The van der Waals surface area contributed by atoms with Gasteiger partial charge in [0.25, 0.3) is 11.1 Å². The molecular formula is C25H25N5O3S. The molecule has 1 saturated carbocycles. The van der Waals surface area contributed by atoms with Crippen molar-refractivity contribution in [3.05, 3.63) is 71.1 Å². The Bertz CT molecular complexity index is 1200. The molecule has 0 atom stereocenters. The van der Waals surface area contributed by atoms with E-state index < -0.39 is 0 Å². The van der Waals surface area contributed by atoms with E-state index in [4.69, 9.17) is 4.42 Å². The lowest BCUT2D eigenvalue weighted by Gasteiger charge is -2.30. The highest BCUT2D eigenvalue weighted by Crippen LogP contribution is 2.26. The van der Waals surface area contributed by atoms with E-state index in [1.54, 1.807) is 24.6 Å². The maximum Gasteiger partial charge on any atom is 0.290 e. The Balaban J connectivity index is 1.11. The number of hydrogen-bond acceptors (Lipinski definition) is 8. The summed E-state index contributed by atoms with van der Waals surface area (Å²) in [7, 11) is 0. The van der Waals surface area contributed by atoms with Crippen LogP contribution in [-0.4, -0.2) is 33.2 Å². The summed E-state index contributed by atoms with van der Waals surface area (Å²) < 4.78 is 5.51. The summed E-state index contributed by atoms with van der Waals surface area (Å²) in [4.78, 5) is 32.2. The summed E-state index contributed by atoms with van der Waals surface area (Å²) in [6.07, 6.45) is 9.14. The minimum atomic E-state index is -0.387. The van der Waals surface area contributed by atoms with Gasteiger partial charge in [0, 0.05) is 30.4 Å². The van der Waals surface area contributed by atoms with Crippen LogP contribution in [0.25, 0.3) is 17.4 Å². The number of amides is 2. The lowest BCUT2D eigenvalue weighted by atomic mass is 9.91. The largest absolute Gasteiger partial charge is 0.464 e. The molecule has 2 fully saturated rings. The van der Waals surface area contributed by atoms with Crippen LogP contribution in [0.2, 0.25) is 0 Å². The molecule has 3 N–H and O–H groups in total. The summed E-state index contributed by atoms with van der Waals surface area (Å²) in [5.41, 5.74) is 2.93. The number of carbonyl (C=O) groups excluding carboxylic acids is 2. The van der Waals surface area contributed by atoms with E-state index in [1.165, 1.54) is 5.56 Å². The maximum absolute atomic E-state index is 11.7. The van der Waals surface area contributed by atoms with Gasteiger partial charge >= 0.3 is 0 Å². The van der Waals surface area contributed by atoms with Crippen LogP contribution in [0, 0.1) is 0 Å². The molecule has 0 spiro atoms. The molecule has 1 saturated heterocycles. The number of hydrogen-bond donors (Lipinski definition) is 3. The van der Waals surface area contributed by atoms with Crippen molar-refractivity contribution in [2.45, 2.75) is 44.3 Å². The lowest BCUT2D eigenvalue weighted by Crippen LogP contribution is -2.36. The van der Waals surface area contributed by atoms with Crippen molar-refractivity contribution in [1.29, 1.82) is 0 Å². The van der Waals surface area contributed by atoms with Crippen molar-refractivity contribution in [3.63, 3.8) is 0 Å². The van der Waals surface area contributed by atoms with Crippen LogP contribution >= 0.6 is 11.8 Å². The molecule has 34 heavy (non-hydrogen) atoms. The van der Waals surface area contributed by atoms with Crippen LogP contribution in [0.5, 0.6) is 0 Å². The SMILES string of the molecule is O=C1NC(=O)C(=Cc2ccnc(NC3CCC(NCc4cccc(-c5ccco5)c4)CC3)n2)S1. The quantitative estimate of drug-likeness (QED) is 0.426. The molecule has 0 radical (unpaired) electrons. The standard InChI is InChI=1S/C25H25N5O3S/c31-23-22(34-25(32)30-23)14-20-10-11-26-24(29-20)28-19-8-6-18(7-9-19)27-15-16-3-1-4-17(13-16)21-5-2-12-33-21/h1-5,10-14,18-19,27H,6-9,15H2,(H,26,28,29)(H,30,31,32). The normalized spacial score (nSPS) is 21.6. The Labute approximate surface area is 201 Å². The van der Waals surface area contributed by atoms with Crippen molar-refractivity contribution in [1.82, 2.24) is 20.6 Å². The van der Waals surface area contributed by atoms with Crippen molar-refractivity contribution in [2.75, 3.05) is 5.32 Å². The first-order valence-electron chi connectivity index (χ1n) is 11.3. The second-order valence-corrected chi connectivity index (χ2v) is 9.42. The van der Waals surface area contributed by atoms with Gasteiger partial charge in [-0.2, -0.15) is 0 Å². The van der Waals surface area contributed by atoms with Crippen molar-refractivity contribution in [2.24, 2.45) is 0 Å². The molecule has 5 rings (SSSR count). The molecule has 8 nitrogen and oxygen atoms in total. The number of carbonyl (C=O) groups is 2. The smallest absolute Gasteiger partial charge is 0.290 e. The van der Waals surface area contributed by atoms with Gasteiger partial charge in [-0.05, 0) is 73.4 Å². The highest BCUT2D eigenvalue weighted by atomic mass is 32.2. The Hall–Kier alpha value is -3.43. The van der Waals surface area contributed by atoms with E-state index in [2.05, 4.69) is 50.2 Å². The summed E-state index contributed by atoms with van der Waals surface area (Å²) >= 11 is 0.882. The molecular weight excluding hydrogens is 450 g/mol. The molecule has 1 aliphatic carbocycles. The summed E-state index contributed by atoms with van der Waals surface area (Å²) in [5, 5.41) is 8.99. The van der Waals surface area contributed by atoms with E-state index in [0.29, 0.717) is 28.6 Å². The topological polar surface area (TPSA) is 109 Å². The van der Waals surface area contributed by atoms with Gasteiger partial charge in [-0.1, -0.05) is 18.2 Å². The highest BCUT2D eigenvalue weighted by Gasteiger charge is 2.25. The molecule has 174 valence electrons. The van der Waals surface area contributed by atoms with E-state index in [9.17, 15) is 9.59 Å². The maximum atomic E-state index is 11.7. The minimum Gasteiger partial charge on any atom is -0.464 e. The van der Waals surface area contributed by atoms with Crippen LogP contribution in [0.4, 0.5) is 10.7 Å². The second kappa shape index (κ2) is 10.2. The van der Waals surface area contributed by atoms with Crippen LogP contribution in [-0.2, 0) is 11.3 Å². The zero-order chi connectivity index (χ0) is 23.3. The molecule has 1 aromatic carbocycles. The Morgan fingerprint density at radius 3 is 2.71 bits per heavy atom. The van der Waals surface area contributed by atoms with Crippen molar-refractivity contribution >= 4 is 34.9 Å². The van der Waals surface area contributed by atoms with Gasteiger partial charge in [-0.15, -0.1) is 0 Å². The predicted octanol–water partition coefficient (Wildman–Crippen LogP) is 4.57. The Morgan fingerprint density at radius 2 is 1.94 bits per heavy atom. The third-order valence-corrected chi connectivity index (χ3v) is 6.80. The van der Waals surface area contributed by atoms with Gasteiger partial charge in [0.2, 0.25) is 5.95 Å². The molecule has 2 amide bonds.